The van der Waals surface area contributed by atoms with E-state index in [0.29, 0.717) is 18.2 Å². The molecule has 3 heterocycles. The van der Waals surface area contributed by atoms with Crippen molar-refractivity contribution in [3.05, 3.63) is 47.5 Å². The highest BCUT2D eigenvalue weighted by atomic mass is 16.5. The van der Waals surface area contributed by atoms with E-state index < -0.39 is 0 Å². The first-order valence-electron chi connectivity index (χ1n) is 7.72. The van der Waals surface area contributed by atoms with Gasteiger partial charge in [-0.25, -0.2) is 4.98 Å². The number of pyridine rings is 1. The van der Waals surface area contributed by atoms with Gasteiger partial charge < -0.3 is 19.2 Å². The van der Waals surface area contributed by atoms with Crippen LogP contribution in [0, 0.1) is 0 Å². The number of rotatable bonds is 5. The molecule has 1 N–H and O–H groups in total. The zero-order chi connectivity index (χ0) is 16.2. The second-order valence-corrected chi connectivity index (χ2v) is 5.41. The highest BCUT2D eigenvalue weighted by Crippen LogP contribution is 2.29. The molecule has 0 spiro atoms. The molecule has 6 heteroatoms. The quantitative estimate of drug-likeness (QED) is 0.917. The largest absolute Gasteiger partial charge is 0.481 e. The lowest BCUT2D eigenvalue weighted by Gasteiger charge is -2.19. The first-order chi connectivity index (χ1) is 11.2. The first kappa shape index (κ1) is 15.6. The van der Waals surface area contributed by atoms with E-state index in [4.69, 9.17) is 13.9 Å². The summed E-state index contributed by atoms with van der Waals surface area (Å²) >= 11 is 0. The Morgan fingerprint density at radius 2 is 2.26 bits per heavy atom. The Balaban J connectivity index is 1.69. The topological polar surface area (TPSA) is 73.6 Å². The smallest absolute Gasteiger partial charge is 0.287 e. The number of aromatic nitrogens is 1. The number of furan rings is 1. The molecular formula is C17H20N2O4. The maximum atomic E-state index is 12.3. The van der Waals surface area contributed by atoms with Gasteiger partial charge in [0.05, 0.1) is 13.2 Å². The highest BCUT2D eigenvalue weighted by Gasteiger charge is 2.32. The summed E-state index contributed by atoms with van der Waals surface area (Å²) in [5, 5.41) is 2.99. The molecule has 2 aromatic heterocycles. The molecule has 122 valence electrons. The molecule has 1 saturated heterocycles. The lowest BCUT2D eigenvalue weighted by Crippen LogP contribution is -2.36. The van der Waals surface area contributed by atoms with Crippen LogP contribution in [0.5, 0.6) is 5.88 Å². The van der Waals surface area contributed by atoms with Gasteiger partial charge in [-0.1, -0.05) is 6.92 Å². The summed E-state index contributed by atoms with van der Waals surface area (Å²) in [6, 6.07) is 7.12. The zero-order valence-electron chi connectivity index (χ0n) is 13.2. The fourth-order valence-electron chi connectivity index (χ4n) is 2.68. The SMILES string of the molecule is CCc1ccc(C(=O)N[C@H]2CCO[C@@H]2c2ccc(OC)nc2)o1. The Labute approximate surface area is 134 Å². The van der Waals surface area contributed by atoms with Crippen molar-refractivity contribution in [2.24, 2.45) is 0 Å². The van der Waals surface area contributed by atoms with E-state index in [9.17, 15) is 4.79 Å². The second kappa shape index (κ2) is 6.83. The first-order valence-corrected chi connectivity index (χ1v) is 7.72. The van der Waals surface area contributed by atoms with E-state index >= 15 is 0 Å². The predicted octanol–water partition coefficient (Wildman–Crippen LogP) is 2.51. The van der Waals surface area contributed by atoms with Gasteiger partial charge in [0.1, 0.15) is 11.9 Å². The van der Waals surface area contributed by atoms with Gasteiger partial charge in [0.2, 0.25) is 5.88 Å². The second-order valence-electron chi connectivity index (χ2n) is 5.41. The molecule has 3 rings (SSSR count). The molecule has 1 aliphatic rings. The molecule has 0 unspecified atom stereocenters. The number of aryl methyl sites for hydroxylation is 1. The van der Waals surface area contributed by atoms with Crippen LogP contribution >= 0.6 is 0 Å². The van der Waals surface area contributed by atoms with Gasteiger partial charge in [-0.15, -0.1) is 0 Å². The van der Waals surface area contributed by atoms with Crippen LogP contribution < -0.4 is 10.1 Å². The van der Waals surface area contributed by atoms with Crippen LogP contribution in [0.4, 0.5) is 0 Å². The van der Waals surface area contributed by atoms with Gasteiger partial charge >= 0.3 is 0 Å². The van der Waals surface area contributed by atoms with Gasteiger partial charge in [-0.3, -0.25) is 4.79 Å². The number of hydrogen-bond acceptors (Lipinski definition) is 5. The molecule has 2 aromatic rings. The molecule has 1 aliphatic heterocycles. The monoisotopic (exact) mass is 316 g/mol. The summed E-state index contributed by atoms with van der Waals surface area (Å²) < 4.78 is 16.3. The lowest BCUT2D eigenvalue weighted by atomic mass is 10.0. The average molecular weight is 316 g/mol. The fraction of sp³-hybridized carbons (Fsp3) is 0.412. The molecule has 6 nitrogen and oxygen atoms in total. The minimum Gasteiger partial charge on any atom is -0.481 e. The normalized spacial score (nSPS) is 20.4. The lowest BCUT2D eigenvalue weighted by molar-refractivity contribution is 0.0799. The van der Waals surface area contributed by atoms with E-state index in [1.54, 1.807) is 25.4 Å². The molecule has 0 saturated carbocycles. The minimum absolute atomic E-state index is 0.104. The van der Waals surface area contributed by atoms with Crippen LogP contribution in [0.1, 0.15) is 41.3 Å². The molecule has 1 fully saturated rings. The number of methoxy groups -OCH3 is 1. The Hall–Kier alpha value is -2.34. The number of carbonyl (C=O) groups excluding carboxylic acids is 1. The summed E-state index contributed by atoms with van der Waals surface area (Å²) in [5.41, 5.74) is 0.919. The van der Waals surface area contributed by atoms with Crippen molar-refractivity contribution < 1.29 is 18.7 Å². The zero-order valence-corrected chi connectivity index (χ0v) is 13.2. The minimum atomic E-state index is -0.216. The third-order valence-corrected chi connectivity index (χ3v) is 3.94. The Morgan fingerprint density at radius 1 is 1.39 bits per heavy atom. The van der Waals surface area contributed by atoms with E-state index in [1.165, 1.54) is 0 Å². The van der Waals surface area contributed by atoms with Gasteiger partial charge in [0, 0.05) is 30.9 Å². The van der Waals surface area contributed by atoms with E-state index in [1.807, 2.05) is 19.1 Å². The van der Waals surface area contributed by atoms with Crippen molar-refractivity contribution in [1.29, 1.82) is 0 Å². The molecule has 0 aliphatic carbocycles. The van der Waals surface area contributed by atoms with Gasteiger partial charge in [0.15, 0.2) is 5.76 Å². The summed E-state index contributed by atoms with van der Waals surface area (Å²) in [6.45, 7) is 2.58. The summed E-state index contributed by atoms with van der Waals surface area (Å²) in [6.07, 6.45) is 3.03. The van der Waals surface area contributed by atoms with Crippen molar-refractivity contribution in [2.75, 3.05) is 13.7 Å². The molecule has 0 aromatic carbocycles. The van der Waals surface area contributed by atoms with E-state index in [2.05, 4.69) is 10.3 Å². The number of hydrogen-bond donors (Lipinski definition) is 1. The van der Waals surface area contributed by atoms with Crippen molar-refractivity contribution in [2.45, 2.75) is 31.9 Å². The van der Waals surface area contributed by atoms with Crippen molar-refractivity contribution in [3.63, 3.8) is 0 Å². The number of nitrogens with one attached hydrogen (secondary N) is 1. The van der Waals surface area contributed by atoms with Crippen LogP contribution in [-0.4, -0.2) is 30.6 Å². The van der Waals surface area contributed by atoms with Crippen LogP contribution in [0.2, 0.25) is 0 Å². The van der Waals surface area contributed by atoms with Crippen LogP contribution in [0.15, 0.2) is 34.9 Å². The maximum absolute atomic E-state index is 12.3. The number of carbonyl (C=O) groups is 1. The van der Waals surface area contributed by atoms with Crippen LogP contribution in [0.3, 0.4) is 0 Å². The van der Waals surface area contributed by atoms with Crippen LogP contribution in [0.25, 0.3) is 0 Å². The van der Waals surface area contributed by atoms with E-state index in [-0.39, 0.29) is 18.1 Å². The van der Waals surface area contributed by atoms with Crippen molar-refractivity contribution in [3.8, 4) is 5.88 Å². The highest BCUT2D eigenvalue weighted by molar-refractivity contribution is 5.91. The molecule has 1 amide bonds. The Bertz CT molecular complexity index is 665. The van der Waals surface area contributed by atoms with E-state index in [0.717, 1.165) is 24.2 Å². The molecule has 2 atom stereocenters. The molecular weight excluding hydrogens is 296 g/mol. The van der Waals surface area contributed by atoms with Gasteiger partial charge in [-0.2, -0.15) is 0 Å². The number of ether oxygens (including phenoxy) is 2. The third-order valence-electron chi connectivity index (χ3n) is 3.94. The van der Waals surface area contributed by atoms with Gasteiger partial charge in [-0.05, 0) is 24.6 Å². The summed E-state index contributed by atoms with van der Waals surface area (Å²) in [4.78, 5) is 16.5. The predicted molar refractivity (Wildman–Crippen MR) is 83.4 cm³/mol. The average Bonchev–Trinajstić information content (AvgIpc) is 3.24. The fourth-order valence-corrected chi connectivity index (χ4v) is 2.68. The van der Waals surface area contributed by atoms with Crippen molar-refractivity contribution in [1.82, 2.24) is 10.3 Å². The molecule has 0 radical (unpaired) electrons. The molecule has 23 heavy (non-hydrogen) atoms. The Morgan fingerprint density at radius 3 is 2.91 bits per heavy atom. The number of amides is 1. The molecule has 0 bridgehead atoms. The standard InChI is InChI=1S/C17H20N2O4/c1-3-12-5-6-14(23-12)17(20)19-13-8-9-22-16(13)11-4-7-15(21-2)18-10-11/h4-7,10,13,16H,3,8-9H2,1-2H3,(H,19,20)/t13-,16+/m0/s1. The Kier molecular flexibility index (Phi) is 4.62. The van der Waals surface area contributed by atoms with Crippen LogP contribution in [-0.2, 0) is 11.2 Å². The van der Waals surface area contributed by atoms with Crippen molar-refractivity contribution >= 4 is 5.91 Å². The third kappa shape index (κ3) is 3.37. The maximum Gasteiger partial charge on any atom is 0.287 e. The summed E-state index contributed by atoms with van der Waals surface area (Å²) in [7, 11) is 1.57. The summed E-state index contributed by atoms with van der Waals surface area (Å²) in [5.74, 6) is 1.47. The van der Waals surface area contributed by atoms with Gasteiger partial charge in [0.25, 0.3) is 5.91 Å². The number of nitrogens with zero attached hydrogens (tertiary/aromatic N) is 1.